The monoisotopic (exact) mass is 195 g/mol. The van der Waals surface area contributed by atoms with Crippen molar-refractivity contribution in [3.63, 3.8) is 0 Å². The Labute approximate surface area is 73.7 Å². The molecule has 1 aromatic heterocycles. The molecule has 4 heteroatoms. The fourth-order valence-electron chi connectivity index (χ4n) is 0.663. The number of nitrogens with two attached hydrogens (primary N) is 1. The van der Waals surface area contributed by atoms with Crippen LogP contribution < -0.4 is 5.73 Å². The summed E-state index contributed by atoms with van der Waals surface area (Å²) in [4.78, 5) is 0. The molecule has 1 heterocycles. The van der Waals surface area contributed by atoms with Crippen LogP contribution in [0.5, 0.6) is 0 Å². The molecule has 0 aromatic carbocycles. The zero-order valence-electron chi connectivity index (χ0n) is 5.40. The van der Waals surface area contributed by atoms with Gasteiger partial charge in [-0.15, -0.1) is 11.3 Å². The summed E-state index contributed by atoms with van der Waals surface area (Å²) in [5.74, 6) is 0. The van der Waals surface area contributed by atoms with Crippen molar-refractivity contribution in [2.24, 2.45) is 5.73 Å². The molecule has 0 saturated heterocycles. The van der Waals surface area contributed by atoms with Gasteiger partial charge in [-0.05, 0) is 18.6 Å². The highest BCUT2D eigenvalue weighted by Crippen LogP contribution is 2.33. The normalized spacial score (nSPS) is 13.6. The van der Waals surface area contributed by atoms with Crippen molar-refractivity contribution in [2.75, 3.05) is 0 Å². The molecular weight excluding hydrogens is 189 g/mol. The van der Waals surface area contributed by atoms with E-state index in [1.54, 1.807) is 6.07 Å². The number of halogens is 2. The third-order valence-electron chi connectivity index (χ3n) is 1.17. The van der Waals surface area contributed by atoms with E-state index < -0.39 is 0 Å². The van der Waals surface area contributed by atoms with Crippen molar-refractivity contribution in [2.45, 2.75) is 13.0 Å². The van der Waals surface area contributed by atoms with Crippen LogP contribution in [0, 0.1) is 0 Å². The van der Waals surface area contributed by atoms with Crippen LogP contribution in [0.3, 0.4) is 0 Å². The third kappa shape index (κ3) is 1.64. The maximum Gasteiger partial charge on any atom is 0.0991 e. The molecule has 0 bridgehead atoms. The Morgan fingerprint density at radius 1 is 1.60 bits per heavy atom. The van der Waals surface area contributed by atoms with Crippen molar-refractivity contribution in [3.8, 4) is 0 Å². The van der Waals surface area contributed by atoms with Gasteiger partial charge in [-0.3, -0.25) is 0 Å². The molecule has 0 spiro atoms. The summed E-state index contributed by atoms with van der Waals surface area (Å²) < 4.78 is 1.39. The number of hydrogen-bond donors (Lipinski definition) is 1. The first-order valence-corrected chi connectivity index (χ1v) is 4.39. The number of hydrogen-bond acceptors (Lipinski definition) is 2. The molecule has 0 aliphatic heterocycles. The molecule has 0 saturated carbocycles. The van der Waals surface area contributed by atoms with E-state index >= 15 is 0 Å². The molecule has 56 valence electrons. The zero-order chi connectivity index (χ0) is 7.72. The van der Waals surface area contributed by atoms with E-state index in [0.29, 0.717) is 8.67 Å². The Balaban J connectivity index is 3.03. The number of rotatable bonds is 1. The largest absolute Gasteiger partial charge is 0.324 e. The lowest BCUT2D eigenvalue weighted by molar-refractivity contribution is 0.823. The fraction of sp³-hybridized carbons (Fsp3) is 0.333. The van der Waals surface area contributed by atoms with Crippen molar-refractivity contribution in [3.05, 3.63) is 20.3 Å². The Kier molecular flexibility index (Phi) is 2.58. The molecule has 1 aromatic rings. The van der Waals surface area contributed by atoms with Crippen molar-refractivity contribution < 1.29 is 0 Å². The third-order valence-corrected chi connectivity index (χ3v) is 2.69. The Bertz CT molecular complexity index is 232. The lowest BCUT2D eigenvalue weighted by Crippen LogP contribution is -2.03. The summed E-state index contributed by atoms with van der Waals surface area (Å²) in [6.07, 6.45) is 0. The quantitative estimate of drug-likeness (QED) is 0.733. The van der Waals surface area contributed by atoms with Crippen LogP contribution in [0.15, 0.2) is 6.07 Å². The first kappa shape index (κ1) is 8.34. The molecule has 10 heavy (non-hydrogen) atoms. The van der Waals surface area contributed by atoms with Gasteiger partial charge in [0.1, 0.15) is 0 Å². The van der Waals surface area contributed by atoms with E-state index in [1.165, 1.54) is 11.3 Å². The smallest absolute Gasteiger partial charge is 0.0991 e. The van der Waals surface area contributed by atoms with Gasteiger partial charge < -0.3 is 5.73 Å². The number of thiophene rings is 1. The van der Waals surface area contributed by atoms with Gasteiger partial charge in [0, 0.05) is 6.04 Å². The summed E-state index contributed by atoms with van der Waals surface area (Å²) >= 11 is 12.8. The molecule has 2 N–H and O–H groups in total. The van der Waals surface area contributed by atoms with Crippen LogP contribution in [-0.4, -0.2) is 0 Å². The van der Waals surface area contributed by atoms with Gasteiger partial charge >= 0.3 is 0 Å². The van der Waals surface area contributed by atoms with E-state index in [9.17, 15) is 0 Å². The average Bonchev–Trinajstić information content (AvgIpc) is 2.10. The van der Waals surface area contributed by atoms with Crippen molar-refractivity contribution >= 4 is 34.5 Å². The molecule has 1 rings (SSSR count). The second kappa shape index (κ2) is 3.09. The summed E-state index contributed by atoms with van der Waals surface area (Å²) in [6.45, 7) is 1.88. The van der Waals surface area contributed by atoms with Gasteiger partial charge in [0.05, 0.1) is 8.67 Å². The van der Waals surface area contributed by atoms with Gasteiger partial charge in [0.15, 0.2) is 0 Å². The molecule has 0 aliphatic rings. The molecule has 1 nitrogen and oxygen atoms in total. The predicted molar refractivity (Wildman–Crippen MR) is 46.9 cm³/mol. The molecular formula is C6H7Cl2NS. The van der Waals surface area contributed by atoms with E-state index in [1.807, 2.05) is 6.92 Å². The predicted octanol–water partition coefficient (Wildman–Crippen LogP) is 3.07. The lowest BCUT2D eigenvalue weighted by atomic mass is 10.2. The minimum Gasteiger partial charge on any atom is -0.324 e. The van der Waals surface area contributed by atoms with Gasteiger partial charge in [0.2, 0.25) is 0 Å². The topological polar surface area (TPSA) is 26.0 Å². The summed E-state index contributed by atoms with van der Waals surface area (Å²) in [5, 5.41) is 0. The molecule has 0 amide bonds. The summed E-state index contributed by atoms with van der Waals surface area (Å²) in [7, 11) is 0. The van der Waals surface area contributed by atoms with Gasteiger partial charge in [0.25, 0.3) is 0 Å². The van der Waals surface area contributed by atoms with Crippen LogP contribution in [0.1, 0.15) is 18.5 Å². The highest BCUT2D eigenvalue weighted by Gasteiger charge is 2.08. The fourth-order valence-corrected chi connectivity index (χ4v) is 2.33. The van der Waals surface area contributed by atoms with E-state index in [4.69, 9.17) is 28.9 Å². The first-order valence-electron chi connectivity index (χ1n) is 2.81. The van der Waals surface area contributed by atoms with E-state index in [0.717, 1.165) is 5.56 Å². The van der Waals surface area contributed by atoms with Gasteiger partial charge in [-0.25, -0.2) is 0 Å². The van der Waals surface area contributed by atoms with Gasteiger partial charge in [-0.1, -0.05) is 23.2 Å². The molecule has 1 atom stereocenters. The second-order valence-electron chi connectivity index (χ2n) is 2.07. The van der Waals surface area contributed by atoms with Gasteiger partial charge in [-0.2, -0.15) is 0 Å². The van der Waals surface area contributed by atoms with Crippen LogP contribution in [0.25, 0.3) is 0 Å². The lowest BCUT2D eigenvalue weighted by Gasteiger charge is -1.99. The van der Waals surface area contributed by atoms with Crippen LogP contribution >= 0.6 is 34.5 Å². The van der Waals surface area contributed by atoms with Crippen LogP contribution in [0.4, 0.5) is 0 Å². The van der Waals surface area contributed by atoms with Crippen LogP contribution in [0.2, 0.25) is 8.67 Å². The molecule has 0 aliphatic carbocycles. The van der Waals surface area contributed by atoms with E-state index in [2.05, 4.69) is 0 Å². The summed E-state index contributed by atoms with van der Waals surface area (Å²) in [6, 6.07) is 1.77. The highest BCUT2D eigenvalue weighted by molar-refractivity contribution is 7.20. The summed E-state index contributed by atoms with van der Waals surface area (Å²) in [5.41, 5.74) is 6.52. The second-order valence-corrected chi connectivity index (χ2v) is 4.35. The first-order chi connectivity index (χ1) is 4.61. The standard InChI is InChI=1S/C6H7Cl2NS/c1-3(9)4-2-5(7)10-6(4)8/h2-3H,9H2,1H3/t3-/m1/s1. The zero-order valence-corrected chi connectivity index (χ0v) is 7.72. The Hall–Kier alpha value is 0.240. The SMILES string of the molecule is C[C@@H](N)c1cc(Cl)sc1Cl. The van der Waals surface area contributed by atoms with Crippen molar-refractivity contribution in [1.82, 2.24) is 0 Å². The molecule has 0 fully saturated rings. The minimum absolute atomic E-state index is 0.0313. The Morgan fingerprint density at radius 2 is 2.20 bits per heavy atom. The minimum atomic E-state index is -0.0313. The van der Waals surface area contributed by atoms with E-state index in [-0.39, 0.29) is 6.04 Å². The highest BCUT2D eigenvalue weighted by atomic mass is 35.5. The van der Waals surface area contributed by atoms with Crippen LogP contribution in [-0.2, 0) is 0 Å². The maximum atomic E-state index is 5.79. The average molecular weight is 196 g/mol. The van der Waals surface area contributed by atoms with Crippen molar-refractivity contribution in [1.29, 1.82) is 0 Å². The molecule has 0 radical (unpaired) electrons. The Morgan fingerprint density at radius 3 is 2.40 bits per heavy atom. The molecule has 0 unspecified atom stereocenters. The maximum absolute atomic E-state index is 5.79.